The third kappa shape index (κ3) is 24.7. The largest absolute Gasteiger partial charge is 1.00 e. The van der Waals surface area contributed by atoms with Gasteiger partial charge in [0.25, 0.3) is 17.1 Å². The standard InChI is InChI=1S/C16H18N4O.C15H14N4O.C9H9ClN2O.C9H9N3.C9H10N2O2.C7H10N2.C7H6N2.C3H7N.CH4.ClH/c1-10-7-9-17-11(2)14(10)20-16(21)13-4-3-8-18-15(13)19-12-5-6-12;1-9-6-8-17-14-12(9)18-15(20)11-3-2-7-16-13(11)19(14)10-4-5-10;10-8(13)7-2-1-5-11-9(7)12-6-3-4-6;10-6-7-2-1-5-11-9(7)12-8-3-4-8;12-9(13)7-2-1-5-10-8(7)11-6-3-4-6;1-5-3-4-9-6(2)7(5)8;1-6-7(5-8)3-2-4-9-6;4-3-1-2-3;;/h3-4,7-9,12H,5-6H2,1-2H3,(H,18,19)(H,20,21);2-3,6-8,10H,4-5H2,1H3,(H,18,20);1-2,5-6H,3-4H2,(H,11,12);1-2,5,8H,3-4H2,(H,11,12);1-2,5-6H,3-4H2,(H,10,11)(H,12,13);3-4H,8H2,1-2H3;2-4H,1H3;3H,1-2,4H2;1H4;1H. The lowest BCUT2D eigenvalue weighted by Gasteiger charge is -2.23. The van der Waals surface area contributed by atoms with Gasteiger partial charge in [0.15, 0.2) is 5.82 Å². The van der Waals surface area contributed by atoms with Crippen LogP contribution in [0.5, 0.6) is 0 Å². The number of nitrogens with two attached hydrogens (primary N) is 4. The van der Waals surface area contributed by atoms with Gasteiger partial charge >= 0.3 is 0 Å². The number of aryl methyl sites for hydroxylation is 6. The van der Waals surface area contributed by atoms with Gasteiger partial charge in [-0.3, -0.25) is 40.0 Å². The van der Waals surface area contributed by atoms with Gasteiger partial charge in [0.1, 0.15) is 35.2 Å². The summed E-state index contributed by atoms with van der Waals surface area (Å²) in [6.45, 7) is 11.5. The molecule has 1 aliphatic heterocycles. The lowest BCUT2D eigenvalue weighted by atomic mass is 10.1. The molecule has 103 heavy (non-hydrogen) atoms. The zero-order chi connectivity index (χ0) is 72.0. The average Bonchev–Trinajstić information content (AvgIpc) is 1.61. The van der Waals surface area contributed by atoms with Crippen molar-refractivity contribution in [1.82, 2.24) is 44.9 Å². The number of aromatic carboxylic acids is 1. The molecule has 2 amide bonds. The Hall–Kier alpha value is -10.9. The van der Waals surface area contributed by atoms with E-state index in [-0.39, 0.29) is 37.2 Å². The first-order valence-electron chi connectivity index (χ1n) is 33.6. The van der Waals surface area contributed by atoms with Crippen LogP contribution in [-0.4, -0.2) is 104 Å². The van der Waals surface area contributed by atoms with E-state index in [0.29, 0.717) is 81.5 Å². The van der Waals surface area contributed by atoms with Crippen molar-refractivity contribution in [3.05, 3.63) is 214 Å². The summed E-state index contributed by atoms with van der Waals surface area (Å²) in [6, 6.07) is 33.7. The van der Waals surface area contributed by atoms with Gasteiger partial charge in [0, 0.05) is 106 Å². The molecule has 6 fully saturated rings. The van der Waals surface area contributed by atoms with Gasteiger partial charge in [0.2, 0.25) is 11.6 Å². The van der Waals surface area contributed by atoms with Crippen LogP contribution in [0.4, 0.5) is 52.0 Å². The molecule has 16 rings (SSSR count). The zero-order valence-electron chi connectivity index (χ0n) is 57.8. The Morgan fingerprint density at radius 2 is 1.02 bits per heavy atom. The van der Waals surface area contributed by atoms with Crippen molar-refractivity contribution in [2.24, 2.45) is 5.73 Å². The highest BCUT2D eigenvalue weighted by atomic mass is 35.5. The van der Waals surface area contributed by atoms with Gasteiger partial charge < -0.3 is 59.9 Å². The number of carbonyl (C=O) groups is 4. The van der Waals surface area contributed by atoms with Crippen LogP contribution < -0.4 is 65.8 Å². The van der Waals surface area contributed by atoms with E-state index in [2.05, 4.69) is 77.1 Å². The number of pyridine rings is 9. The van der Waals surface area contributed by atoms with Crippen molar-refractivity contribution in [3.63, 3.8) is 0 Å². The molecule has 0 aromatic carbocycles. The summed E-state index contributed by atoms with van der Waals surface area (Å²) in [5.41, 5.74) is 22.0. The Morgan fingerprint density at radius 1 is 0.553 bits per heavy atom. The number of carboxylic acids is 1. The number of fused-ring (bicyclic) bond motifs is 2. The quantitative estimate of drug-likeness (QED) is 0.0538. The minimum atomic E-state index is -1.15. The van der Waals surface area contributed by atoms with Crippen molar-refractivity contribution < 1.29 is 47.3 Å². The van der Waals surface area contributed by atoms with Crippen LogP contribution in [0.25, 0.3) is 0 Å². The van der Waals surface area contributed by atoms with Crippen LogP contribution in [0.1, 0.15) is 171 Å². The van der Waals surface area contributed by atoms with Crippen LogP contribution in [-0.2, 0) is 0 Å². The van der Waals surface area contributed by atoms with Crippen LogP contribution >= 0.6 is 11.6 Å². The summed E-state index contributed by atoms with van der Waals surface area (Å²) < 4.78 is 0. The normalized spacial score (nSPS) is 14.5. The molecule has 7 aliphatic rings. The number of aromatic nitrogens is 9. The van der Waals surface area contributed by atoms with Gasteiger partial charge in [0.05, 0.1) is 80.0 Å². The van der Waals surface area contributed by atoms with E-state index >= 15 is 0 Å². The molecule has 536 valence electrons. The highest BCUT2D eigenvalue weighted by molar-refractivity contribution is 6.68. The van der Waals surface area contributed by atoms with Crippen LogP contribution in [0.15, 0.2) is 147 Å². The maximum Gasteiger partial charge on any atom is 0.260 e. The molecule has 0 saturated heterocycles. The number of nitriles is 2. The first kappa shape index (κ1) is 79.4. The minimum absolute atomic E-state index is 0. The second-order valence-electron chi connectivity index (χ2n) is 25.2. The average molecular weight is 1430 g/mol. The molecule has 0 bridgehead atoms. The number of rotatable bonds is 13. The lowest BCUT2D eigenvalue weighted by Crippen LogP contribution is -3.00. The van der Waals surface area contributed by atoms with Gasteiger partial charge in [-0.05, 0) is 212 Å². The van der Waals surface area contributed by atoms with Crippen molar-refractivity contribution >= 4 is 86.6 Å². The van der Waals surface area contributed by atoms with E-state index in [0.717, 1.165) is 107 Å². The van der Waals surface area contributed by atoms with Crippen LogP contribution in [0, 0.1) is 64.2 Å². The van der Waals surface area contributed by atoms with Crippen molar-refractivity contribution in [2.75, 3.05) is 31.9 Å². The lowest BCUT2D eigenvalue weighted by molar-refractivity contribution is -0.590. The van der Waals surface area contributed by atoms with Crippen LogP contribution in [0.2, 0.25) is 0 Å². The highest BCUT2D eigenvalue weighted by Crippen LogP contribution is 2.44. The second kappa shape index (κ2) is 38.8. The maximum absolute atomic E-state index is 12.5. The molecule has 10 heterocycles. The summed E-state index contributed by atoms with van der Waals surface area (Å²) in [6.07, 6.45) is 29.5. The molecule has 0 atom stereocenters. The predicted octanol–water partition coefficient (Wildman–Crippen LogP) is 7.01. The molecule has 27 heteroatoms. The zero-order valence-corrected chi connectivity index (χ0v) is 59.3. The molecular weight excluding hydrogens is 1340 g/mol. The Kier molecular flexibility index (Phi) is 29.9. The maximum atomic E-state index is 12.5. The number of quaternary nitrogens is 2. The Morgan fingerprint density at radius 3 is 1.53 bits per heavy atom. The van der Waals surface area contributed by atoms with E-state index in [1.54, 1.807) is 116 Å². The first-order valence-corrected chi connectivity index (χ1v) is 34.0. The van der Waals surface area contributed by atoms with E-state index in [4.69, 9.17) is 33.6 Å². The van der Waals surface area contributed by atoms with Gasteiger partial charge in [-0.15, -0.1) is 0 Å². The van der Waals surface area contributed by atoms with E-state index in [1.807, 2.05) is 82.5 Å². The smallest absolute Gasteiger partial charge is 0.260 e. The number of carbonyl (C=O) groups excluding carboxylic acids is 4. The first-order chi connectivity index (χ1) is 48.8. The number of amides is 2. The topological polar surface area (TPSA) is 392 Å². The number of hydrogen-bond acceptors (Lipinski definition) is 21. The van der Waals surface area contributed by atoms with Crippen molar-refractivity contribution in [2.45, 2.75) is 162 Å². The second-order valence-corrected chi connectivity index (χ2v) is 25.5. The molecule has 0 spiro atoms. The summed E-state index contributed by atoms with van der Waals surface area (Å²) in [4.78, 5) is 86.2. The number of halogens is 2. The summed E-state index contributed by atoms with van der Waals surface area (Å²) >= 11 is 5.41. The monoisotopic (exact) mass is 1430 g/mol. The fraction of sp³-hybridized carbons (Fsp3) is 0.329. The molecular formula is C76H88Cl2N20O5. The van der Waals surface area contributed by atoms with E-state index in [9.17, 15) is 24.3 Å². The number of nitrogens with one attached hydrogen (secondary N) is 4. The fourth-order valence-electron chi connectivity index (χ4n) is 9.64. The Labute approximate surface area is 612 Å². The number of nitrogens with zero attached hydrogens (tertiary/aromatic N) is 12. The SMILES string of the molecule is C.Cc1ccnc(C)c1N.Cc1ccnc(C)c1NC(=O)c1cccnc1NC1CC1.Cc1ccnc2c1NC(=O)c1cccnc1N2C1CC1.Cc1ncccc1C#N.N#Cc1cccnc1NC1CC1.NC1CC1.O=C(Cl)c1cccnc1[NH2+]C1CC1.O=C([O-])c1cccnc1[NH2+]C1CC1.[Cl-]. The summed E-state index contributed by atoms with van der Waals surface area (Å²) in [5, 5.41) is 43.7. The highest BCUT2D eigenvalue weighted by Gasteiger charge is 2.38. The Bertz CT molecular complexity index is 4340. The molecule has 0 unspecified atom stereocenters. The predicted molar refractivity (Wildman–Crippen MR) is 392 cm³/mol. The third-order valence-corrected chi connectivity index (χ3v) is 16.7. The van der Waals surface area contributed by atoms with Gasteiger partial charge in [-0.1, -0.05) is 7.43 Å². The molecule has 9 aromatic heterocycles. The van der Waals surface area contributed by atoms with Crippen LogP contribution in [0.3, 0.4) is 0 Å². The fourth-order valence-corrected chi connectivity index (χ4v) is 9.80. The molecule has 9 aromatic rings. The number of anilines is 7. The van der Waals surface area contributed by atoms with Crippen molar-refractivity contribution in [1.29, 1.82) is 10.5 Å². The third-order valence-electron chi connectivity index (χ3n) is 16.5. The minimum Gasteiger partial charge on any atom is -1.00 e. The summed E-state index contributed by atoms with van der Waals surface area (Å²) in [7, 11) is 0. The van der Waals surface area contributed by atoms with E-state index < -0.39 is 11.2 Å². The number of carboxylic acid groups (broad SMARTS) is 1. The molecule has 25 nitrogen and oxygen atoms in total. The molecule has 6 aliphatic carbocycles. The molecule has 0 radical (unpaired) electrons. The van der Waals surface area contributed by atoms with Crippen molar-refractivity contribution in [3.8, 4) is 12.1 Å². The number of nitrogen functional groups attached to an aromatic ring is 1. The van der Waals surface area contributed by atoms with Gasteiger partial charge in [-0.25, -0.2) is 29.9 Å². The van der Waals surface area contributed by atoms with Gasteiger partial charge in [-0.2, -0.15) is 10.5 Å². The number of hydrogen-bond donors (Lipinski definition) is 8. The molecule has 6 saturated carbocycles. The summed E-state index contributed by atoms with van der Waals surface area (Å²) in [5.74, 6) is 2.73. The molecule has 12 N–H and O–H groups in total. The Balaban J connectivity index is 0.000000169. The van der Waals surface area contributed by atoms with E-state index in [1.165, 1.54) is 44.6 Å².